The Balaban J connectivity index is 1.23. The summed E-state index contributed by atoms with van der Waals surface area (Å²) in [6.45, 7) is 11.3. The largest absolute Gasteiger partial charge is 0.497 e. The molecule has 2 aromatic carbocycles. The summed E-state index contributed by atoms with van der Waals surface area (Å²) in [4.78, 5) is 30.3. The molecule has 2 aromatic heterocycles. The molecule has 1 aliphatic heterocycles. The van der Waals surface area contributed by atoms with Gasteiger partial charge in [-0.2, -0.15) is 0 Å². The number of rotatable bonds is 9. The minimum absolute atomic E-state index is 0.0359. The van der Waals surface area contributed by atoms with Crippen LogP contribution in [0.5, 0.6) is 5.75 Å². The third kappa shape index (κ3) is 6.57. The highest BCUT2D eigenvalue weighted by Gasteiger charge is 2.15. The first kappa shape index (κ1) is 26.3. The molecule has 0 bridgehead atoms. The van der Waals surface area contributed by atoms with Crippen LogP contribution in [0.3, 0.4) is 0 Å². The van der Waals surface area contributed by atoms with E-state index in [0.717, 1.165) is 48.9 Å². The smallest absolute Gasteiger partial charge is 0.276 e. The number of nitrogens with zero attached hydrogens (tertiary/aromatic N) is 4. The predicted octanol–water partition coefficient (Wildman–Crippen LogP) is 5.13. The summed E-state index contributed by atoms with van der Waals surface area (Å²) in [5, 5.41) is 3.92. The summed E-state index contributed by atoms with van der Waals surface area (Å²) in [6, 6.07) is 19.5. The van der Waals surface area contributed by atoms with Gasteiger partial charge in [0.2, 0.25) is 0 Å². The first-order chi connectivity index (χ1) is 19.1. The molecule has 10 heteroatoms. The van der Waals surface area contributed by atoms with Gasteiger partial charge >= 0.3 is 0 Å². The number of hydrogen-bond acceptors (Lipinski definition) is 8. The number of morpholine rings is 1. The molecule has 5 rings (SSSR count). The fourth-order valence-electron chi connectivity index (χ4n) is 4.22. The Labute approximate surface area is 231 Å². The van der Waals surface area contributed by atoms with E-state index in [0.29, 0.717) is 34.5 Å². The molecule has 1 fully saturated rings. The summed E-state index contributed by atoms with van der Waals surface area (Å²) in [5.74, 6) is 2.21. The lowest BCUT2D eigenvalue weighted by Gasteiger charge is -2.27. The van der Waals surface area contributed by atoms with Crippen LogP contribution < -0.4 is 20.5 Å². The summed E-state index contributed by atoms with van der Waals surface area (Å²) >= 11 is 1.41. The van der Waals surface area contributed by atoms with Gasteiger partial charge in [0, 0.05) is 37.3 Å². The molecule has 9 nitrogen and oxygen atoms in total. The highest BCUT2D eigenvalue weighted by molar-refractivity contribution is 7.98. The number of pyridine rings is 1. The molecule has 4 aromatic rings. The molecule has 0 radical (unpaired) electrons. The van der Waals surface area contributed by atoms with E-state index >= 15 is 0 Å². The molecular formula is C29H28N6O3S. The average Bonchev–Trinajstić information content (AvgIpc) is 2.99. The molecular weight excluding hydrogens is 512 g/mol. The van der Waals surface area contributed by atoms with Crippen LogP contribution in [0.4, 0.5) is 17.2 Å². The second kappa shape index (κ2) is 12.5. The van der Waals surface area contributed by atoms with E-state index in [-0.39, 0.29) is 5.69 Å². The lowest BCUT2D eigenvalue weighted by atomic mass is 10.1. The van der Waals surface area contributed by atoms with Crippen molar-refractivity contribution in [2.75, 3.05) is 43.6 Å². The van der Waals surface area contributed by atoms with Crippen molar-refractivity contribution in [2.45, 2.75) is 17.5 Å². The molecule has 1 aliphatic rings. The van der Waals surface area contributed by atoms with E-state index in [1.807, 2.05) is 42.6 Å². The Bertz CT molecular complexity index is 1530. The standard InChI is InChI=1S/C29H28N6O3S/c1-30-27-26(22-6-4-8-24(16-22)37-2)33-29(34-28(27)36)39-19-20-5-3-7-23(15-20)31-17-21-9-10-25(32-18-21)35-11-13-38-14-12-35/h3-10,15-16,18,31H,11-14,17,19H2,2H3,(H,33,34,36). The maximum Gasteiger partial charge on any atom is 0.276 e. The van der Waals surface area contributed by atoms with E-state index < -0.39 is 5.56 Å². The molecule has 0 amide bonds. The van der Waals surface area contributed by atoms with Crippen LogP contribution in [-0.4, -0.2) is 48.4 Å². The van der Waals surface area contributed by atoms with Gasteiger partial charge in [0.05, 0.1) is 32.6 Å². The second-order valence-electron chi connectivity index (χ2n) is 8.88. The van der Waals surface area contributed by atoms with Gasteiger partial charge in [-0.1, -0.05) is 42.1 Å². The summed E-state index contributed by atoms with van der Waals surface area (Å²) in [5.41, 5.74) is 3.68. The van der Waals surface area contributed by atoms with Crippen molar-refractivity contribution in [1.82, 2.24) is 15.0 Å². The Morgan fingerprint density at radius 2 is 1.97 bits per heavy atom. The minimum atomic E-state index is -0.455. The number of aromatic amines is 1. The fourth-order valence-corrected chi connectivity index (χ4v) is 5.02. The van der Waals surface area contributed by atoms with Crippen LogP contribution in [0.1, 0.15) is 11.1 Å². The topological polar surface area (TPSA) is 96.7 Å². The van der Waals surface area contributed by atoms with Crippen LogP contribution >= 0.6 is 11.8 Å². The van der Waals surface area contributed by atoms with Crippen molar-refractivity contribution < 1.29 is 9.47 Å². The van der Waals surface area contributed by atoms with E-state index in [1.54, 1.807) is 13.2 Å². The van der Waals surface area contributed by atoms with Crippen LogP contribution in [-0.2, 0) is 17.0 Å². The van der Waals surface area contributed by atoms with Crippen molar-refractivity contribution in [2.24, 2.45) is 0 Å². The highest BCUT2D eigenvalue weighted by atomic mass is 32.2. The lowest BCUT2D eigenvalue weighted by Crippen LogP contribution is -2.36. The molecule has 0 unspecified atom stereocenters. The van der Waals surface area contributed by atoms with Crippen LogP contribution in [0.25, 0.3) is 16.1 Å². The van der Waals surface area contributed by atoms with Crippen LogP contribution in [0.2, 0.25) is 0 Å². The molecule has 2 N–H and O–H groups in total. The number of thioether (sulfide) groups is 1. The van der Waals surface area contributed by atoms with Gasteiger partial charge in [-0.05, 0) is 47.0 Å². The van der Waals surface area contributed by atoms with Gasteiger partial charge in [-0.15, -0.1) is 0 Å². The fraction of sp³-hybridized carbons (Fsp3) is 0.241. The van der Waals surface area contributed by atoms with Crippen molar-refractivity contribution in [3.8, 4) is 17.0 Å². The number of methoxy groups -OCH3 is 1. The Hall–Kier alpha value is -4.33. The number of H-pyrrole nitrogens is 1. The quantitative estimate of drug-likeness (QED) is 0.171. The SMILES string of the molecule is [C-]#[N+]c1c(-c2cccc(OC)c2)nc(SCc2cccc(NCc3ccc(N4CCOCC4)nc3)c2)[nH]c1=O. The molecule has 3 heterocycles. The maximum absolute atomic E-state index is 12.6. The molecule has 0 atom stereocenters. The summed E-state index contributed by atoms with van der Waals surface area (Å²) in [6.07, 6.45) is 1.91. The molecule has 0 spiro atoms. The van der Waals surface area contributed by atoms with Crippen LogP contribution in [0.15, 0.2) is 76.8 Å². The van der Waals surface area contributed by atoms with E-state index in [9.17, 15) is 4.79 Å². The third-order valence-electron chi connectivity index (χ3n) is 6.27. The molecule has 0 aliphatic carbocycles. The molecule has 1 saturated heterocycles. The third-order valence-corrected chi connectivity index (χ3v) is 7.22. The summed E-state index contributed by atoms with van der Waals surface area (Å²) in [7, 11) is 1.57. The molecule has 198 valence electrons. The zero-order chi connectivity index (χ0) is 27.0. The zero-order valence-electron chi connectivity index (χ0n) is 21.5. The number of benzene rings is 2. The van der Waals surface area contributed by atoms with E-state index in [4.69, 9.17) is 16.0 Å². The number of aromatic nitrogens is 3. The Morgan fingerprint density at radius 1 is 1.13 bits per heavy atom. The number of ether oxygens (including phenoxy) is 2. The maximum atomic E-state index is 12.6. The van der Waals surface area contributed by atoms with Gasteiger partial charge in [0.1, 0.15) is 11.6 Å². The number of hydrogen-bond donors (Lipinski definition) is 2. The van der Waals surface area contributed by atoms with Gasteiger partial charge in [0.15, 0.2) is 5.16 Å². The first-order valence-corrected chi connectivity index (χ1v) is 13.5. The zero-order valence-corrected chi connectivity index (χ0v) is 22.3. The monoisotopic (exact) mass is 540 g/mol. The Morgan fingerprint density at radius 3 is 2.74 bits per heavy atom. The normalized spacial score (nSPS) is 13.1. The summed E-state index contributed by atoms with van der Waals surface area (Å²) < 4.78 is 10.7. The van der Waals surface area contributed by atoms with E-state index in [1.165, 1.54) is 11.8 Å². The van der Waals surface area contributed by atoms with Crippen LogP contribution in [0, 0.1) is 6.57 Å². The molecule has 0 saturated carbocycles. The number of anilines is 2. The van der Waals surface area contributed by atoms with Crippen molar-refractivity contribution in [3.63, 3.8) is 0 Å². The van der Waals surface area contributed by atoms with Crippen molar-refractivity contribution in [3.05, 3.63) is 99.8 Å². The highest BCUT2D eigenvalue weighted by Crippen LogP contribution is 2.30. The Kier molecular flexibility index (Phi) is 8.41. The number of nitrogens with one attached hydrogen (secondary N) is 2. The predicted molar refractivity (Wildman–Crippen MR) is 154 cm³/mol. The second-order valence-corrected chi connectivity index (χ2v) is 9.84. The van der Waals surface area contributed by atoms with Crippen molar-refractivity contribution in [1.29, 1.82) is 0 Å². The van der Waals surface area contributed by atoms with Gasteiger partial charge in [0.25, 0.3) is 11.2 Å². The van der Waals surface area contributed by atoms with E-state index in [2.05, 4.69) is 48.2 Å². The average molecular weight is 541 g/mol. The van der Waals surface area contributed by atoms with Gasteiger partial charge in [-0.25, -0.2) is 14.8 Å². The first-order valence-electron chi connectivity index (χ1n) is 12.5. The van der Waals surface area contributed by atoms with Crippen molar-refractivity contribution >= 4 is 29.0 Å². The minimum Gasteiger partial charge on any atom is -0.497 e. The van der Waals surface area contributed by atoms with Gasteiger partial charge < -0.3 is 24.7 Å². The molecule has 39 heavy (non-hydrogen) atoms. The van der Waals surface area contributed by atoms with Gasteiger partial charge in [-0.3, -0.25) is 4.79 Å². The lowest BCUT2D eigenvalue weighted by molar-refractivity contribution is 0.122.